The molecule has 2 heteroatoms. The molecule has 1 aliphatic rings. The van der Waals surface area contributed by atoms with Gasteiger partial charge in [0, 0.05) is 13.1 Å². The summed E-state index contributed by atoms with van der Waals surface area (Å²) in [5.41, 5.74) is 2.98. The fourth-order valence-electron chi connectivity index (χ4n) is 3.37. The highest BCUT2D eigenvalue weighted by Gasteiger charge is 2.18. The van der Waals surface area contributed by atoms with E-state index >= 15 is 0 Å². The first-order valence-corrected chi connectivity index (χ1v) is 8.83. The molecule has 0 radical (unpaired) electrons. The van der Waals surface area contributed by atoms with Crippen molar-refractivity contribution in [2.45, 2.75) is 59.0 Å². The predicted molar refractivity (Wildman–Crippen MR) is 91.3 cm³/mol. The lowest BCUT2D eigenvalue weighted by atomic mass is 9.92. The van der Waals surface area contributed by atoms with Crippen LogP contribution in [-0.2, 0) is 13.1 Å². The molecule has 0 aliphatic carbocycles. The minimum atomic E-state index is 0.979. The molecule has 1 aromatic rings. The zero-order valence-corrected chi connectivity index (χ0v) is 13.9. The number of nitrogens with one attached hydrogen (secondary N) is 1. The van der Waals surface area contributed by atoms with Crippen molar-refractivity contribution in [1.29, 1.82) is 0 Å². The minimum Gasteiger partial charge on any atom is -0.313 e. The van der Waals surface area contributed by atoms with E-state index in [-0.39, 0.29) is 0 Å². The third-order valence-corrected chi connectivity index (χ3v) is 4.66. The van der Waals surface area contributed by atoms with E-state index in [9.17, 15) is 0 Å². The molecule has 1 heterocycles. The SMILES string of the molecule is CCCNCc1ccccc1CN1CCC(CCC)CC1. The summed E-state index contributed by atoms with van der Waals surface area (Å²) in [4.78, 5) is 2.64. The Hall–Kier alpha value is -0.860. The Balaban J connectivity index is 1.85. The molecule has 0 bridgehead atoms. The quantitative estimate of drug-likeness (QED) is 0.721. The molecular weight excluding hydrogens is 256 g/mol. The van der Waals surface area contributed by atoms with Crippen molar-refractivity contribution >= 4 is 0 Å². The number of benzene rings is 1. The molecule has 1 saturated heterocycles. The molecule has 21 heavy (non-hydrogen) atoms. The molecule has 2 nitrogen and oxygen atoms in total. The van der Waals surface area contributed by atoms with Gasteiger partial charge in [0.25, 0.3) is 0 Å². The van der Waals surface area contributed by atoms with E-state index in [1.807, 2.05) is 0 Å². The second kappa shape index (κ2) is 9.22. The molecule has 0 spiro atoms. The summed E-state index contributed by atoms with van der Waals surface area (Å²) >= 11 is 0. The fourth-order valence-corrected chi connectivity index (χ4v) is 3.37. The van der Waals surface area contributed by atoms with E-state index in [2.05, 4.69) is 48.3 Å². The highest BCUT2D eigenvalue weighted by molar-refractivity contribution is 5.27. The number of hydrogen-bond donors (Lipinski definition) is 1. The van der Waals surface area contributed by atoms with Gasteiger partial charge in [0.2, 0.25) is 0 Å². The van der Waals surface area contributed by atoms with Gasteiger partial charge in [0.1, 0.15) is 0 Å². The normalized spacial score (nSPS) is 17.2. The van der Waals surface area contributed by atoms with Gasteiger partial charge in [-0.3, -0.25) is 4.90 Å². The second-order valence-electron chi connectivity index (χ2n) is 6.45. The van der Waals surface area contributed by atoms with Gasteiger partial charge in [-0.2, -0.15) is 0 Å². The maximum atomic E-state index is 3.53. The summed E-state index contributed by atoms with van der Waals surface area (Å²) in [6.07, 6.45) is 6.75. The van der Waals surface area contributed by atoms with Gasteiger partial charge in [0.15, 0.2) is 0 Å². The summed E-state index contributed by atoms with van der Waals surface area (Å²) in [5, 5.41) is 3.53. The van der Waals surface area contributed by atoms with Crippen molar-refractivity contribution in [2.24, 2.45) is 5.92 Å². The summed E-state index contributed by atoms with van der Waals surface area (Å²) < 4.78 is 0. The summed E-state index contributed by atoms with van der Waals surface area (Å²) in [5.74, 6) is 0.979. The molecule has 0 aromatic heterocycles. The summed E-state index contributed by atoms with van der Waals surface area (Å²) in [6, 6.07) is 8.94. The van der Waals surface area contributed by atoms with Crippen LogP contribution in [0, 0.1) is 5.92 Å². The largest absolute Gasteiger partial charge is 0.313 e. The molecule has 1 aliphatic heterocycles. The van der Waals surface area contributed by atoms with Gasteiger partial charge in [-0.1, -0.05) is 51.0 Å². The average molecular weight is 288 g/mol. The van der Waals surface area contributed by atoms with Crippen molar-refractivity contribution in [3.63, 3.8) is 0 Å². The van der Waals surface area contributed by atoms with Gasteiger partial charge in [-0.25, -0.2) is 0 Å². The van der Waals surface area contributed by atoms with Crippen LogP contribution in [0.5, 0.6) is 0 Å². The van der Waals surface area contributed by atoms with E-state index in [4.69, 9.17) is 0 Å². The van der Waals surface area contributed by atoms with E-state index in [0.29, 0.717) is 0 Å². The summed E-state index contributed by atoms with van der Waals surface area (Å²) in [7, 11) is 0. The van der Waals surface area contributed by atoms with Crippen LogP contribution in [0.25, 0.3) is 0 Å². The zero-order valence-electron chi connectivity index (χ0n) is 13.9. The maximum Gasteiger partial charge on any atom is 0.0236 e. The number of rotatable bonds is 8. The third kappa shape index (κ3) is 5.44. The van der Waals surface area contributed by atoms with Crippen molar-refractivity contribution in [3.8, 4) is 0 Å². The van der Waals surface area contributed by atoms with Crippen molar-refractivity contribution in [3.05, 3.63) is 35.4 Å². The van der Waals surface area contributed by atoms with Gasteiger partial charge in [-0.05, 0) is 55.9 Å². The lowest BCUT2D eigenvalue weighted by molar-refractivity contribution is 0.171. The van der Waals surface area contributed by atoms with Crippen molar-refractivity contribution in [2.75, 3.05) is 19.6 Å². The van der Waals surface area contributed by atoms with Crippen LogP contribution >= 0.6 is 0 Å². The van der Waals surface area contributed by atoms with Crippen LogP contribution in [0.3, 0.4) is 0 Å². The van der Waals surface area contributed by atoms with Gasteiger partial charge in [0.05, 0.1) is 0 Å². The molecule has 1 aromatic carbocycles. The smallest absolute Gasteiger partial charge is 0.0236 e. The Bertz CT molecular complexity index is 394. The van der Waals surface area contributed by atoms with Crippen LogP contribution in [0.15, 0.2) is 24.3 Å². The summed E-state index contributed by atoms with van der Waals surface area (Å²) in [6.45, 7) is 10.3. The third-order valence-electron chi connectivity index (χ3n) is 4.66. The van der Waals surface area contributed by atoms with Crippen LogP contribution in [0.4, 0.5) is 0 Å². The molecule has 0 saturated carbocycles. The van der Waals surface area contributed by atoms with Crippen LogP contribution in [0.1, 0.15) is 57.1 Å². The monoisotopic (exact) mass is 288 g/mol. The maximum absolute atomic E-state index is 3.53. The second-order valence-corrected chi connectivity index (χ2v) is 6.45. The predicted octanol–water partition coefficient (Wildman–Crippen LogP) is 4.20. The van der Waals surface area contributed by atoms with Crippen LogP contribution < -0.4 is 5.32 Å². The van der Waals surface area contributed by atoms with Gasteiger partial charge >= 0.3 is 0 Å². The molecule has 0 unspecified atom stereocenters. The molecular formula is C19H32N2. The molecule has 1 N–H and O–H groups in total. The van der Waals surface area contributed by atoms with Crippen LogP contribution in [-0.4, -0.2) is 24.5 Å². The molecule has 2 rings (SSSR count). The Morgan fingerprint density at radius 3 is 2.43 bits per heavy atom. The molecule has 118 valence electrons. The number of likely N-dealkylation sites (tertiary alicyclic amines) is 1. The standard InChI is InChI=1S/C19H32N2/c1-3-7-17-10-13-21(14-11-17)16-19-9-6-5-8-18(19)15-20-12-4-2/h5-6,8-9,17,20H,3-4,7,10-16H2,1-2H3. The number of piperidine rings is 1. The highest BCUT2D eigenvalue weighted by atomic mass is 15.1. The molecule has 1 fully saturated rings. The Kier molecular flexibility index (Phi) is 7.25. The van der Waals surface area contributed by atoms with Gasteiger partial charge in [-0.15, -0.1) is 0 Å². The highest BCUT2D eigenvalue weighted by Crippen LogP contribution is 2.23. The first-order valence-electron chi connectivity index (χ1n) is 8.83. The van der Waals surface area contributed by atoms with E-state index < -0.39 is 0 Å². The van der Waals surface area contributed by atoms with E-state index in [0.717, 1.165) is 25.6 Å². The number of hydrogen-bond acceptors (Lipinski definition) is 2. The van der Waals surface area contributed by atoms with Gasteiger partial charge < -0.3 is 5.32 Å². The van der Waals surface area contributed by atoms with Crippen LogP contribution in [0.2, 0.25) is 0 Å². The van der Waals surface area contributed by atoms with Crippen molar-refractivity contribution in [1.82, 2.24) is 10.2 Å². The number of nitrogens with zero attached hydrogens (tertiary/aromatic N) is 1. The Labute approximate surface area is 130 Å². The Morgan fingerprint density at radius 1 is 1.05 bits per heavy atom. The molecule has 0 atom stereocenters. The first-order chi connectivity index (χ1) is 10.3. The van der Waals surface area contributed by atoms with Crippen molar-refractivity contribution < 1.29 is 0 Å². The Morgan fingerprint density at radius 2 is 1.76 bits per heavy atom. The fraction of sp³-hybridized carbons (Fsp3) is 0.684. The molecule has 0 amide bonds. The topological polar surface area (TPSA) is 15.3 Å². The zero-order chi connectivity index (χ0) is 14.9. The first kappa shape index (κ1) is 16.5. The van der Waals surface area contributed by atoms with E-state index in [1.165, 1.54) is 56.3 Å². The average Bonchev–Trinajstić information content (AvgIpc) is 2.51. The van der Waals surface area contributed by atoms with E-state index in [1.54, 1.807) is 0 Å². The minimum absolute atomic E-state index is 0.979. The lowest BCUT2D eigenvalue weighted by Gasteiger charge is -2.32. The lowest BCUT2D eigenvalue weighted by Crippen LogP contribution is -2.33.